The number of likely N-dealkylation sites (tertiary alicyclic amines) is 1. The monoisotopic (exact) mass is 372 g/mol. The zero-order valence-corrected chi connectivity index (χ0v) is 16.9. The molecule has 1 N–H and O–H groups in total. The maximum Gasteiger partial charge on any atom is 0.193 e. The van der Waals surface area contributed by atoms with Crippen LogP contribution in [0.3, 0.4) is 0 Å². The van der Waals surface area contributed by atoms with Gasteiger partial charge in [0.15, 0.2) is 5.96 Å². The minimum atomic E-state index is 0.799. The van der Waals surface area contributed by atoms with Crippen LogP contribution >= 0.6 is 0 Å². The van der Waals surface area contributed by atoms with Crippen molar-refractivity contribution in [2.75, 3.05) is 59.0 Å². The van der Waals surface area contributed by atoms with E-state index in [1.807, 2.05) is 0 Å². The number of nitrogens with one attached hydrogen (secondary N) is 1. The van der Waals surface area contributed by atoms with Crippen LogP contribution in [-0.2, 0) is 11.2 Å². The van der Waals surface area contributed by atoms with Crippen LogP contribution in [0.25, 0.3) is 0 Å². The normalized spacial score (nSPS) is 20.0. The van der Waals surface area contributed by atoms with Crippen molar-refractivity contribution in [2.45, 2.75) is 32.6 Å². The molecule has 0 aromatic heterocycles. The van der Waals surface area contributed by atoms with Crippen molar-refractivity contribution in [3.05, 3.63) is 35.9 Å². The molecule has 0 bridgehead atoms. The quantitative estimate of drug-likeness (QED) is 0.454. The lowest BCUT2D eigenvalue weighted by Crippen LogP contribution is -2.46. The predicted molar refractivity (Wildman–Crippen MR) is 112 cm³/mol. The molecule has 2 saturated heterocycles. The third-order valence-corrected chi connectivity index (χ3v) is 5.61. The summed E-state index contributed by atoms with van der Waals surface area (Å²) in [5.74, 6) is 1.91. The van der Waals surface area contributed by atoms with Gasteiger partial charge >= 0.3 is 0 Å². The Morgan fingerprint density at radius 3 is 2.56 bits per heavy atom. The first-order valence-corrected chi connectivity index (χ1v) is 10.7. The molecule has 150 valence electrons. The van der Waals surface area contributed by atoms with E-state index in [0.717, 1.165) is 77.3 Å². The highest BCUT2D eigenvalue weighted by Crippen LogP contribution is 2.21. The van der Waals surface area contributed by atoms with Gasteiger partial charge in [-0.1, -0.05) is 30.3 Å². The third kappa shape index (κ3) is 6.82. The first kappa shape index (κ1) is 20.2. The summed E-state index contributed by atoms with van der Waals surface area (Å²) in [4.78, 5) is 9.85. The van der Waals surface area contributed by atoms with Crippen molar-refractivity contribution >= 4 is 5.96 Å². The number of rotatable bonds is 7. The molecule has 1 aromatic carbocycles. The highest BCUT2D eigenvalue weighted by Gasteiger charge is 2.21. The fourth-order valence-electron chi connectivity index (χ4n) is 4.03. The van der Waals surface area contributed by atoms with Crippen LogP contribution in [0.15, 0.2) is 35.3 Å². The summed E-state index contributed by atoms with van der Waals surface area (Å²) in [7, 11) is 0. The molecule has 0 radical (unpaired) electrons. The second kappa shape index (κ2) is 11.3. The molecule has 3 rings (SSSR count). The second-order valence-corrected chi connectivity index (χ2v) is 7.66. The van der Waals surface area contributed by atoms with Crippen molar-refractivity contribution in [3.8, 4) is 0 Å². The van der Waals surface area contributed by atoms with Gasteiger partial charge in [-0.15, -0.1) is 0 Å². The molecule has 0 saturated carbocycles. The first-order valence-electron chi connectivity index (χ1n) is 10.7. The van der Waals surface area contributed by atoms with Gasteiger partial charge in [0.2, 0.25) is 0 Å². The second-order valence-electron chi connectivity index (χ2n) is 7.66. The first-order chi connectivity index (χ1) is 13.3. The average molecular weight is 373 g/mol. The maximum atomic E-state index is 5.42. The number of nitrogens with zero attached hydrogens (tertiary/aromatic N) is 3. The third-order valence-electron chi connectivity index (χ3n) is 5.61. The molecule has 27 heavy (non-hydrogen) atoms. The largest absolute Gasteiger partial charge is 0.379 e. The fourth-order valence-corrected chi connectivity index (χ4v) is 4.03. The summed E-state index contributed by atoms with van der Waals surface area (Å²) in [6.45, 7) is 11.3. The summed E-state index contributed by atoms with van der Waals surface area (Å²) in [5.41, 5.74) is 1.47. The Morgan fingerprint density at radius 2 is 1.85 bits per heavy atom. The standard InChI is InChI=1S/C22H36N4O/c1-2-23-22(24-11-6-12-25-15-17-27-18-16-25)26-13-9-21(10-14-26)19-20-7-4-3-5-8-20/h3-5,7-8,21H,2,6,9-19H2,1H3,(H,23,24). The zero-order chi connectivity index (χ0) is 18.7. The topological polar surface area (TPSA) is 40.1 Å². The van der Waals surface area contributed by atoms with Gasteiger partial charge in [0.25, 0.3) is 0 Å². The smallest absolute Gasteiger partial charge is 0.193 e. The Hall–Kier alpha value is -1.59. The maximum absolute atomic E-state index is 5.42. The van der Waals surface area contributed by atoms with Gasteiger partial charge in [-0.05, 0) is 44.1 Å². The number of ether oxygens (including phenoxy) is 1. The molecule has 0 unspecified atom stereocenters. The van der Waals surface area contributed by atoms with Crippen LogP contribution in [-0.4, -0.2) is 74.8 Å². The zero-order valence-electron chi connectivity index (χ0n) is 16.9. The van der Waals surface area contributed by atoms with Crippen LogP contribution in [0.2, 0.25) is 0 Å². The molecule has 0 atom stereocenters. The van der Waals surface area contributed by atoms with Gasteiger partial charge in [-0.3, -0.25) is 9.89 Å². The molecule has 0 spiro atoms. The van der Waals surface area contributed by atoms with Crippen LogP contribution in [0.5, 0.6) is 0 Å². The number of guanidine groups is 1. The molecule has 0 aliphatic carbocycles. The number of morpholine rings is 1. The SMILES string of the molecule is CCNC(=NCCCN1CCOCC1)N1CCC(Cc2ccccc2)CC1. The number of hydrogen-bond donors (Lipinski definition) is 1. The Balaban J connectivity index is 1.41. The summed E-state index contributed by atoms with van der Waals surface area (Å²) in [6, 6.07) is 10.9. The minimum absolute atomic E-state index is 0.799. The van der Waals surface area contributed by atoms with Gasteiger partial charge in [-0.25, -0.2) is 0 Å². The number of benzene rings is 1. The van der Waals surface area contributed by atoms with Crippen molar-refractivity contribution in [3.63, 3.8) is 0 Å². The van der Waals surface area contributed by atoms with E-state index in [1.165, 1.54) is 24.8 Å². The highest BCUT2D eigenvalue weighted by atomic mass is 16.5. The predicted octanol–water partition coefficient (Wildman–Crippen LogP) is 2.63. The molecule has 2 aliphatic rings. The van der Waals surface area contributed by atoms with Crippen LogP contribution in [0.1, 0.15) is 31.7 Å². The van der Waals surface area contributed by atoms with Crippen molar-refractivity contribution in [1.82, 2.24) is 15.1 Å². The van der Waals surface area contributed by atoms with Gasteiger partial charge in [-0.2, -0.15) is 0 Å². The highest BCUT2D eigenvalue weighted by molar-refractivity contribution is 5.80. The summed E-state index contributed by atoms with van der Waals surface area (Å²) >= 11 is 0. The van der Waals surface area contributed by atoms with E-state index < -0.39 is 0 Å². The molecule has 2 fully saturated rings. The van der Waals surface area contributed by atoms with Gasteiger partial charge in [0.1, 0.15) is 0 Å². The molecular formula is C22H36N4O. The summed E-state index contributed by atoms with van der Waals surface area (Å²) in [6.07, 6.45) is 4.85. The van der Waals surface area contributed by atoms with Crippen molar-refractivity contribution in [2.24, 2.45) is 10.9 Å². The molecule has 2 heterocycles. The fraction of sp³-hybridized carbons (Fsp3) is 0.682. The van der Waals surface area contributed by atoms with Crippen LogP contribution in [0, 0.1) is 5.92 Å². The summed E-state index contributed by atoms with van der Waals surface area (Å²) in [5, 5.41) is 3.50. The molecule has 2 aliphatic heterocycles. The van der Waals surface area contributed by atoms with Crippen LogP contribution < -0.4 is 5.32 Å². The lowest BCUT2D eigenvalue weighted by Gasteiger charge is -2.34. The van der Waals surface area contributed by atoms with E-state index in [2.05, 4.69) is 52.4 Å². The van der Waals surface area contributed by atoms with E-state index in [0.29, 0.717) is 0 Å². The Kier molecular flexibility index (Phi) is 8.43. The van der Waals surface area contributed by atoms with Gasteiger partial charge in [0.05, 0.1) is 13.2 Å². The lowest BCUT2D eigenvalue weighted by atomic mass is 9.90. The van der Waals surface area contributed by atoms with Gasteiger partial charge in [0, 0.05) is 45.8 Å². The van der Waals surface area contributed by atoms with E-state index >= 15 is 0 Å². The molecule has 5 heteroatoms. The van der Waals surface area contributed by atoms with E-state index in [1.54, 1.807) is 0 Å². The average Bonchev–Trinajstić information content (AvgIpc) is 2.72. The van der Waals surface area contributed by atoms with Crippen molar-refractivity contribution < 1.29 is 4.74 Å². The molecular weight excluding hydrogens is 336 g/mol. The molecule has 0 amide bonds. The van der Waals surface area contributed by atoms with Crippen LogP contribution in [0.4, 0.5) is 0 Å². The van der Waals surface area contributed by atoms with E-state index in [9.17, 15) is 0 Å². The Bertz CT molecular complexity index is 549. The number of hydrogen-bond acceptors (Lipinski definition) is 3. The lowest BCUT2D eigenvalue weighted by molar-refractivity contribution is 0.0377. The Morgan fingerprint density at radius 1 is 1.11 bits per heavy atom. The van der Waals surface area contributed by atoms with Gasteiger partial charge < -0.3 is 15.0 Å². The summed E-state index contributed by atoms with van der Waals surface area (Å²) < 4.78 is 5.42. The minimum Gasteiger partial charge on any atom is -0.379 e. The number of aliphatic imine (C=N–C) groups is 1. The molecule has 1 aromatic rings. The van der Waals surface area contributed by atoms with E-state index in [-0.39, 0.29) is 0 Å². The molecule has 5 nitrogen and oxygen atoms in total. The number of piperidine rings is 1. The Labute approximate surface area is 164 Å². The van der Waals surface area contributed by atoms with E-state index in [4.69, 9.17) is 9.73 Å². The van der Waals surface area contributed by atoms with Crippen molar-refractivity contribution in [1.29, 1.82) is 0 Å².